The third kappa shape index (κ3) is 12.2. The van der Waals surface area contributed by atoms with Crippen molar-refractivity contribution in [2.24, 2.45) is 0 Å². The molecule has 0 saturated heterocycles. The first-order valence-electron chi connectivity index (χ1n) is 35.0. The highest BCUT2D eigenvalue weighted by molar-refractivity contribution is 7.27. The molecular formula is C94H58N10S2. The van der Waals surface area contributed by atoms with Gasteiger partial charge in [-0.3, -0.25) is 9.97 Å². The second kappa shape index (κ2) is 27.5. The molecular weight excluding hydrogens is 1330 g/mol. The number of nitrogens with zero attached hydrogens (tertiary/aromatic N) is 10. The number of aromatic nitrogens is 10. The minimum atomic E-state index is 0.620. The molecule has 8 aromatic heterocycles. The Morgan fingerprint density at radius 2 is 0.538 bits per heavy atom. The molecule has 8 heterocycles. The number of thiophene rings is 2. The zero-order valence-electron chi connectivity index (χ0n) is 56.8. The molecule has 12 heteroatoms. The Balaban J connectivity index is 0.000000145. The first-order valence-corrected chi connectivity index (χ1v) is 36.6. The van der Waals surface area contributed by atoms with Gasteiger partial charge in [-0.05, 0) is 99.1 Å². The van der Waals surface area contributed by atoms with E-state index in [1.165, 1.54) is 41.4 Å². The van der Waals surface area contributed by atoms with E-state index in [0.717, 1.165) is 121 Å². The molecule has 0 unspecified atom stereocenters. The fraction of sp³-hybridized carbons (Fsp3) is 0. The van der Waals surface area contributed by atoms with Gasteiger partial charge in [-0.2, -0.15) is 0 Å². The van der Waals surface area contributed by atoms with Gasteiger partial charge in [0.1, 0.15) is 0 Å². The second-order valence-corrected chi connectivity index (χ2v) is 27.9. The molecule has 0 N–H and O–H groups in total. The molecule has 20 rings (SSSR count). The summed E-state index contributed by atoms with van der Waals surface area (Å²) >= 11 is 3.56. The van der Waals surface area contributed by atoms with Crippen LogP contribution in [0.4, 0.5) is 0 Å². The van der Waals surface area contributed by atoms with Crippen molar-refractivity contribution in [3.05, 3.63) is 352 Å². The van der Waals surface area contributed by atoms with Crippen molar-refractivity contribution in [1.29, 1.82) is 0 Å². The normalized spacial score (nSPS) is 11.4. The lowest BCUT2D eigenvalue weighted by molar-refractivity contribution is 1.07. The van der Waals surface area contributed by atoms with Crippen LogP contribution in [-0.2, 0) is 0 Å². The zero-order valence-corrected chi connectivity index (χ0v) is 58.4. The largest absolute Gasteiger partial charge is 0.264 e. The topological polar surface area (TPSA) is 129 Å². The van der Waals surface area contributed by atoms with Crippen LogP contribution < -0.4 is 0 Å². The summed E-state index contributed by atoms with van der Waals surface area (Å²) < 4.78 is 4.78. The molecule has 0 aliphatic rings. The first kappa shape index (κ1) is 63.2. The van der Waals surface area contributed by atoms with Crippen molar-refractivity contribution in [3.63, 3.8) is 0 Å². The summed E-state index contributed by atoms with van der Waals surface area (Å²) in [5.41, 5.74) is 21.3. The molecule has 0 aliphatic carbocycles. The van der Waals surface area contributed by atoms with Crippen LogP contribution in [0.15, 0.2) is 352 Å². The number of benzene rings is 12. The Labute approximate surface area is 618 Å². The Kier molecular flexibility index (Phi) is 16.4. The highest BCUT2D eigenvalue weighted by Gasteiger charge is 2.22. The molecule has 0 aliphatic heterocycles. The van der Waals surface area contributed by atoms with Gasteiger partial charge in [0.05, 0.1) is 37.3 Å². The Hall–Kier alpha value is -13.8. The predicted octanol–water partition coefficient (Wildman–Crippen LogP) is 24.4. The SMILES string of the molecule is c1ccc(-c2ccc(-c3nc(-c4ccccc4)nc(-c4cccc(-c5cccc(-c6nc7cccnc7c7c6sc6ccccc67)c5)c4)n3)cc2)cc1.c1ccc(-c2ccc(-c3nc(-c4ccccc4)nc(-c4cccc(-c5cccc(-c6nc7ccncc7c7c6sc6ccccc67)c5)c4)n3)cc2)cc1. The van der Waals surface area contributed by atoms with Crippen LogP contribution in [0.2, 0.25) is 0 Å². The van der Waals surface area contributed by atoms with Crippen molar-refractivity contribution in [3.8, 4) is 135 Å². The van der Waals surface area contributed by atoms with Gasteiger partial charge in [-0.15, -0.1) is 22.7 Å². The molecule has 0 fully saturated rings. The lowest BCUT2D eigenvalue weighted by Gasteiger charge is -2.11. The van der Waals surface area contributed by atoms with E-state index in [-0.39, 0.29) is 0 Å². The highest BCUT2D eigenvalue weighted by Crippen LogP contribution is 2.45. The van der Waals surface area contributed by atoms with Gasteiger partial charge in [0.2, 0.25) is 0 Å². The molecule has 20 aromatic rings. The molecule has 0 amide bonds. The van der Waals surface area contributed by atoms with E-state index in [1.807, 2.05) is 104 Å². The summed E-state index contributed by atoms with van der Waals surface area (Å²) in [4.78, 5) is 49.7. The van der Waals surface area contributed by atoms with Crippen LogP contribution in [-0.4, -0.2) is 49.8 Å². The highest BCUT2D eigenvalue weighted by atomic mass is 32.1. The smallest absolute Gasteiger partial charge is 0.164 e. The first-order chi connectivity index (χ1) is 52.5. The van der Waals surface area contributed by atoms with E-state index in [4.69, 9.17) is 44.9 Å². The zero-order chi connectivity index (χ0) is 70.3. The van der Waals surface area contributed by atoms with Crippen LogP contribution in [0.3, 0.4) is 0 Å². The Bertz CT molecular complexity index is 6290. The van der Waals surface area contributed by atoms with Crippen molar-refractivity contribution in [2.45, 2.75) is 0 Å². The lowest BCUT2D eigenvalue weighted by atomic mass is 9.98. The maximum atomic E-state index is 5.21. The summed E-state index contributed by atoms with van der Waals surface area (Å²) in [7, 11) is 0. The average Bonchev–Trinajstić information content (AvgIpc) is 1.51. The molecule has 106 heavy (non-hydrogen) atoms. The molecule has 496 valence electrons. The van der Waals surface area contributed by atoms with E-state index < -0.39 is 0 Å². The molecule has 0 saturated carbocycles. The van der Waals surface area contributed by atoms with Gasteiger partial charge in [0, 0.05) is 99.4 Å². The quantitative estimate of drug-likeness (QED) is 0.117. The summed E-state index contributed by atoms with van der Waals surface area (Å²) in [6.45, 7) is 0. The van der Waals surface area contributed by atoms with Gasteiger partial charge in [-0.25, -0.2) is 39.9 Å². The number of rotatable bonds is 12. The summed E-state index contributed by atoms with van der Waals surface area (Å²) in [6, 6.07) is 115. The van der Waals surface area contributed by atoms with Crippen LogP contribution in [0.5, 0.6) is 0 Å². The van der Waals surface area contributed by atoms with E-state index in [0.29, 0.717) is 34.9 Å². The summed E-state index contributed by atoms with van der Waals surface area (Å²) in [5, 5.41) is 5.89. The molecule has 12 aromatic carbocycles. The maximum Gasteiger partial charge on any atom is 0.164 e. The standard InChI is InChI=1S/2C47H29N5S/c1-3-12-30(13-4-1)31-23-25-33(26-24-31)46-50-45(32-14-5-2-6-15-32)51-47(52-46)37-19-10-17-35(29-37)34-16-9-18-36(28-34)42-44-41(38-20-7-8-22-40(38)53-44)43-39(49-42)21-11-27-48-43;1-3-11-30(12-4-1)31-21-23-33(24-22-31)46-50-45(32-13-5-2-6-14-32)51-47(52-46)37-18-10-16-35(28-37)34-15-9-17-36(27-34)43-44-42(38-19-7-8-20-41(38)53-44)39-29-48-26-25-40(39)49-43/h2*1-29H. The van der Waals surface area contributed by atoms with Crippen LogP contribution in [0, 0.1) is 0 Å². The van der Waals surface area contributed by atoms with Crippen LogP contribution in [0.1, 0.15) is 0 Å². The Morgan fingerprint density at radius 3 is 1.00 bits per heavy atom. The number of pyridine rings is 4. The van der Waals surface area contributed by atoms with Gasteiger partial charge in [-0.1, -0.05) is 279 Å². The number of hydrogen-bond acceptors (Lipinski definition) is 12. The van der Waals surface area contributed by atoms with Gasteiger partial charge < -0.3 is 0 Å². The maximum absolute atomic E-state index is 5.21. The summed E-state index contributed by atoms with van der Waals surface area (Å²) in [5.74, 6) is 3.77. The van der Waals surface area contributed by atoms with Gasteiger partial charge in [0.15, 0.2) is 34.9 Å². The predicted molar refractivity (Wildman–Crippen MR) is 437 cm³/mol. The monoisotopic (exact) mass is 1390 g/mol. The third-order valence-electron chi connectivity index (χ3n) is 19.2. The second-order valence-electron chi connectivity index (χ2n) is 25.8. The molecule has 0 atom stereocenters. The van der Waals surface area contributed by atoms with Crippen molar-refractivity contribution in [2.75, 3.05) is 0 Å². The fourth-order valence-electron chi connectivity index (χ4n) is 14.0. The number of hydrogen-bond donors (Lipinski definition) is 0. The van der Waals surface area contributed by atoms with E-state index in [1.54, 1.807) is 22.7 Å². The molecule has 0 spiro atoms. The molecule has 0 radical (unpaired) electrons. The average molecular weight is 1390 g/mol. The van der Waals surface area contributed by atoms with E-state index in [2.05, 4.69) is 254 Å². The van der Waals surface area contributed by atoms with Crippen molar-refractivity contribution >= 4 is 85.0 Å². The van der Waals surface area contributed by atoms with Crippen LogP contribution >= 0.6 is 22.7 Å². The minimum Gasteiger partial charge on any atom is -0.264 e. The van der Waals surface area contributed by atoms with Crippen LogP contribution in [0.25, 0.3) is 198 Å². The van der Waals surface area contributed by atoms with Crippen molar-refractivity contribution in [1.82, 2.24) is 49.8 Å². The van der Waals surface area contributed by atoms with E-state index in [9.17, 15) is 0 Å². The molecule has 10 nitrogen and oxygen atoms in total. The Morgan fingerprint density at radius 1 is 0.208 bits per heavy atom. The van der Waals surface area contributed by atoms with Crippen molar-refractivity contribution < 1.29 is 0 Å². The third-order valence-corrected chi connectivity index (χ3v) is 21.5. The lowest BCUT2D eigenvalue weighted by Crippen LogP contribution is -2.00. The molecule has 0 bridgehead atoms. The fourth-order valence-corrected chi connectivity index (χ4v) is 16.4. The minimum absolute atomic E-state index is 0.620. The number of fused-ring (bicyclic) bond motifs is 10. The van der Waals surface area contributed by atoms with Gasteiger partial charge in [0.25, 0.3) is 0 Å². The van der Waals surface area contributed by atoms with E-state index >= 15 is 0 Å². The summed E-state index contributed by atoms with van der Waals surface area (Å²) in [6.07, 6.45) is 5.60. The van der Waals surface area contributed by atoms with Gasteiger partial charge >= 0.3 is 0 Å².